The fourth-order valence-electron chi connectivity index (χ4n) is 1.86. The van der Waals surface area contributed by atoms with E-state index in [2.05, 4.69) is 4.72 Å². The van der Waals surface area contributed by atoms with Gasteiger partial charge in [-0.25, -0.2) is 21.6 Å². The predicted octanol–water partition coefficient (Wildman–Crippen LogP) is 0.297. The van der Waals surface area contributed by atoms with Crippen LogP contribution in [-0.4, -0.2) is 42.0 Å². The van der Waals surface area contributed by atoms with Gasteiger partial charge in [0, 0.05) is 18.0 Å². The average Bonchev–Trinajstić information content (AvgIpc) is 2.28. The zero-order valence-corrected chi connectivity index (χ0v) is 14.0. The molecule has 3 N–H and O–H groups in total. The Kier molecular flexibility index (Phi) is 5.24. The van der Waals surface area contributed by atoms with E-state index in [9.17, 15) is 16.8 Å². The summed E-state index contributed by atoms with van der Waals surface area (Å²) in [4.78, 5) is -0.117. The van der Waals surface area contributed by atoms with Crippen LogP contribution in [0.15, 0.2) is 17.0 Å². The molecule has 0 aliphatic carbocycles. The third-order valence-electron chi connectivity index (χ3n) is 2.75. The van der Waals surface area contributed by atoms with Crippen molar-refractivity contribution in [3.05, 3.63) is 17.7 Å². The summed E-state index contributed by atoms with van der Waals surface area (Å²) in [5.74, 6) is -0.142. The number of methoxy groups -OCH3 is 1. The standard InChI is InChI=1S/C12H20N2O5S2/c1-8-5-11(19-3)12(6-10(8)13)21(17,18)14-9(2)7-20(4,15)16/h5-6,9,14H,7,13H2,1-4H3. The molecule has 120 valence electrons. The molecule has 7 nitrogen and oxygen atoms in total. The molecule has 0 aliphatic rings. The molecule has 21 heavy (non-hydrogen) atoms. The Hall–Kier alpha value is -1.32. The number of sulfonamides is 1. The summed E-state index contributed by atoms with van der Waals surface area (Å²) in [5.41, 5.74) is 6.73. The molecule has 1 atom stereocenters. The molecule has 0 saturated carbocycles. The number of rotatable bonds is 6. The number of nitrogen functional groups attached to an aromatic ring is 1. The van der Waals surface area contributed by atoms with E-state index in [1.165, 1.54) is 26.2 Å². The minimum Gasteiger partial charge on any atom is -0.495 e. The summed E-state index contributed by atoms with van der Waals surface area (Å²) in [5, 5.41) is 0. The van der Waals surface area contributed by atoms with Crippen LogP contribution in [0.25, 0.3) is 0 Å². The largest absolute Gasteiger partial charge is 0.495 e. The van der Waals surface area contributed by atoms with Gasteiger partial charge >= 0.3 is 0 Å². The Labute approximate surface area is 125 Å². The fourth-order valence-corrected chi connectivity index (χ4v) is 4.39. The van der Waals surface area contributed by atoms with Crippen molar-refractivity contribution in [2.24, 2.45) is 0 Å². The van der Waals surface area contributed by atoms with Crippen LogP contribution in [0.4, 0.5) is 5.69 Å². The summed E-state index contributed by atoms with van der Waals surface area (Å²) >= 11 is 0. The minimum atomic E-state index is -3.93. The number of ether oxygens (including phenoxy) is 1. The molecule has 0 amide bonds. The van der Waals surface area contributed by atoms with Gasteiger partial charge in [0.15, 0.2) is 0 Å². The molecule has 1 unspecified atom stereocenters. The number of anilines is 1. The number of hydrogen-bond acceptors (Lipinski definition) is 6. The molecular formula is C12H20N2O5S2. The highest BCUT2D eigenvalue weighted by Crippen LogP contribution is 2.28. The van der Waals surface area contributed by atoms with Gasteiger partial charge in [-0.2, -0.15) is 0 Å². The summed E-state index contributed by atoms with van der Waals surface area (Å²) < 4.78 is 54.4. The molecule has 0 spiro atoms. The summed E-state index contributed by atoms with van der Waals surface area (Å²) in [6.45, 7) is 3.20. The number of aryl methyl sites for hydroxylation is 1. The first-order chi connectivity index (χ1) is 9.46. The van der Waals surface area contributed by atoms with E-state index in [4.69, 9.17) is 10.5 Å². The van der Waals surface area contributed by atoms with Crippen molar-refractivity contribution in [3.63, 3.8) is 0 Å². The van der Waals surface area contributed by atoms with E-state index in [0.717, 1.165) is 6.26 Å². The summed E-state index contributed by atoms with van der Waals surface area (Å²) in [6.07, 6.45) is 1.04. The van der Waals surface area contributed by atoms with Crippen molar-refractivity contribution in [1.29, 1.82) is 0 Å². The number of nitrogens with two attached hydrogens (primary N) is 1. The second-order valence-corrected chi connectivity index (χ2v) is 8.84. The van der Waals surface area contributed by atoms with Crippen LogP contribution in [0.3, 0.4) is 0 Å². The van der Waals surface area contributed by atoms with Gasteiger partial charge in [0.2, 0.25) is 10.0 Å². The fraction of sp³-hybridized carbons (Fsp3) is 0.500. The number of nitrogens with one attached hydrogen (secondary N) is 1. The van der Waals surface area contributed by atoms with Gasteiger partial charge < -0.3 is 10.5 Å². The first kappa shape index (κ1) is 17.7. The normalized spacial score (nSPS) is 13.9. The maximum absolute atomic E-state index is 12.3. The summed E-state index contributed by atoms with van der Waals surface area (Å²) in [7, 11) is -5.87. The SMILES string of the molecule is COc1cc(C)c(N)cc1S(=O)(=O)NC(C)CS(C)(=O)=O. The topological polar surface area (TPSA) is 116 Å². The third-order valence-corrected chi connectivity index (χ3v) is 5.47. The molecule has 1 aromatic carbocycles. The lowest BCUT2D eigenvalue weighted by molar-refractivity contribution is 0.402. The Bertz CT molecular complexity index is 726. The van der Waals surface area contributed by atoms with Gasteiger partial charge in [-0.05, 0) is 31.5 Å². The Morgan fingerprint density at radius 1 is 1.29 bits per heavy atom. The maximum atomic E-state index is 12.3. The Morgan fingerprint density at radius 3 is 2.33 bits per heavy atom. The first-order valence-electron chi connectivity index (χ1n) is 6.10. The van der Waals surface area contributed by atoms with Crippen LogP contribution < -0.4 is 15.2 Å². The third kappa shape index (κ3) is 4.87. The van der Waals surface area contributed by atoms with Crippen molar-refractivity contribution < 1.29 is 21.6 Å². The smallest absolute Gasteiger partial charge is 0.244 e. The second kappa shape index (κ2) is 6.20. The van der Waals surface area contributed by atoms with E-state index >= 15 is 0 Å². The monoisotopic (exact) mass is 336 g/mol. The van der Waals surface area contributed by atoms with Crippen molar-refractivity contribution in [1.82, 2.24) is 4.72 Å². The van der Waals surface area contributed by atoms with Crippen LogP contribution in [0.1, 0.15) is 12.5 Å². The highest BCUT2D eigenvalue weighted by atomic mass is 32.2. The highest BCUT2D eigenvalue weighted by molar-refractivity contribution is 7.91. The van der Waals surface area contributed by atoms with Gasteiger partial charge in [-0.15, -0.1) is 0 Å². The second-order valence-electron chi connectivity index (χ2n) is 4.97. The van der Waals surface area contributed by atoms with Crippen LogP contribution in [-0.2, 0) is 19.9 Å². The summed E-state index contributed by atoms with van der Waals surface area (Å²) in [6, 6.07) is 2.05. The van der Waals surface area contributed by atoms with Gasteiger partial charge in [0.1, 0.15) is 20.5 Å². The zero-order chi connectivity index (χ0) is 16.4. The molecule has 0 radical (unpaired) electrons. The Balaban J connectivity index is 3.17. The minimum absolute atomic E-state index is 0.117. The quantitative estimate of drug-likeness (QED) is 0.722. The lowest BCUT2D eigenvalue weighted by atomic mass is 10.2. The van der Waals surface area contributed by atoms with E-state index in [1.54, 1.807) is 6.92 Å². The molecule has 0 saturated heterocycles. The van der Waals surface area contributed by atoms with Crippen LogP contribution in [0, 0.1) is 6.92 Å². The maximum Gasteiger partial charge on any atom is 0.244 e. The Morgan fingerprint density at radius 2 is 1.86 bits per heavy atom. The van der Waals surface area contributed by atoms with E-state index in [1.807, 2.05) is 0 Å². The van der Waals surface area contributed by atoms with Crippen LogP contribution in [0.5, 0.6) is 5.75 Å². The lowest BCUT2D eigenvalue weighted by Gasteiger charge is -2.16. The van der Waals surface area contributed by atoms with Crippen LogP contribution >= 0.6 is 0 Å². The number of sulfone groups is 1. The van der Waals surface area contributed by atoms with E-state index in [0.29, 0.717) is 11.3 Å². The van der Waals surface area contributed by atoms with Crippen molar-refractivity contribution >= 4 is 25.5 Å². The average molecular weight is 336 g/mol. The molecule has 0 heterocycles. The number of benzene rings is 1. The van der Waals surface area contributed by atoms with Gasteiger partial charge in [0.05, 0.1) is 12.9 Å². The highest BCUT2D eigenvalue weighted by Gasteiger charge is 2.24. The molecule has 0 aliphatic heterocycles. The van der Waals surface area contributed by atoms with Crippen molar-refractivity contribution in [2.45, 2.75) is 24.8 Å². The van der Waals surface area contributed by atoms with Crippen molar-refractivity contribution in [2.75, 3.05) is 24.9 Å². The molecular weight excluding hydrogens is 316 g/mol. The van der Waals surface area contributed by atoms with E-state index in [-0.39, 0.29) is 16.4 Å². The van der Waals surface area contributed by atoms with Gasteiger partial charge in [-0.3, -0.25) is 0 Å². The first-order valence-corrected chi connectivity index (χ1v) is 9.65. The molecule has 1 aromatic rings. The zero-order valence-electron chi connectivity index (χ0n) is 12.4. The predicted molar refractivity (Wildman–Crippen MR) is 81.6 cm³/mol. The molecule has 9 heteroatoms. The van der Waals surface area contributed by atoms with Crippen LogP contribution in [0.2, 0.25) is 0 Å². The molecule has 0 bridgehead atoms. The molecule has 0 fully saturated rings. The lowest BCUT2D eigenvalue weighted by Crippen LogP contribution is -2.37. The number of hydrogen-bond donors (Lipinski definition) is 2. The van der Waals surface area contributed by atoms with E-state index < -0.39 is 25.9 Å². The van der Waals surface area contributed by atoms with Gasteiger partial charge in [0.25, 0.3) is 0 Å². The molecule has 0 aromatic heterocycles. The van der Waals surface area contributed by atoms with Crippen molar-refractivity contribution in [3.8, 4) is 5.75 Å². The van der Waals surface area contributed by atoms with Gasteiger partial charge in [-0.1, -0.05) is 0 Å². The molecule has 1 rings (SSSR count).